The van der Waals surface area contributed by atoms with Crippen LogP contribution in [0, 0.1) is 5.82 Å². The molecule has 0 unspecified atom stereocenters. The number of benzene rings is 2. The third-order valence-electron chi connectivity index (χ3n) is 2.91. The Morgan fingerprint density at radius 1 is 1.30 bits per heavy atom. The van der Waals surface area contributed by atoms with Crippen molar-refractivity contribution in [2.75, 3.05) is 12.4 Å². The van der Waals surface area contributed by atoms with Crippen LogP contribution in [-0.2, 0) is 13.2 Å². The monoisotopic (exact) mass is 295 g/mol. The second-order valence-corrected chi connectivity index (χ2v) is 4.69. The van der Waals surface area contributed by atoms with Crippen LogP contribution in [0.3, 0.4) is 0 Å². The van der Waals surface area contributed by atoms with E-state index in [2.05, 4.69) is 5.32 Å². The van der Waals surface area contributed by atoms with Crippen LogP contribution < -0.4 is 10.1 Å². The summed E-state index contributed by atoms with van der Waals surface area (Å²) in [6, 6.07) is 9.70. The Balaban J connectivity index is 2.17. The number of hydrogen-bond donors (Lipinski definition) is 2. The zero-order valence-electron chi connectivity index (χ0n) is 11.0. The second-order valence-electron chi connectivity index (χ2n) is 4.29. The molecule has 2 aromatic rings. The Morgan fingerprint density at radius 3 is 2.75 bits per heavy atom. The summed E-state index contributed by atoms with van der Waals surface area (Å²) in [7, 11) is 1.53. The van der Waals surface area contributed by atoms with E-state index in [1.807, 2.05) is 6.07 Å². The number of rotatable bonds is 5. The number of nitrogens with one attached hydrogen (secondary N) is 1. The minimum atomic E-state index is -0.274. The van der Waals surface area contributed by atoms with Gasteiger partial charge >= 0.3 is 0 Å². The van der Waals surface area contributed by atoms with Gasteiger partial charge in [0, 0.05) is 18.2 Å². The maximum atomic E-state index is 13.1. The van der Waals surface area contributed by atoms with Crippen molar-refractivity contribution in [3.05, 3.63) is 58.4 Å². The van der Waals surface area contributed by atoms with Crippen molar-refractivity contribution in [1.82, 2.24) is 0 Å². The average Bonchev–Trinajstić information content (AvgIpc) is 2.45. The van der Waals surface area contributed by atoms with Crippen molar-refractivity contribution in [2.24, 2.45) is 0 Å². The molecule has 5 heteroatoms. The molecule has 0 bridgehead atoms. The Labute approximate surface area is 122 Å². The van der Waals surface area contributed by atoms with E-state index in [9.17, 15) is 9.50 Å². The van der Waals surface area contributed by atoms with Crippen molar-refractivity contribution in [2.45, 2.75) is 13.2 Å². The molecular weight excluding hydrogens is 281 g/mol. The molecule has 0 saturated heterocycles. The van der Waals surface area contributed by atoms with Crippen molar-refractivity contribution < 1.29 is 14.2 Å². The van der Waals surface area contributed by atoms with Gasteiger partial charge in [0.05, 0.1) is 24.4 Å². The van der Waals surface area contributed by atoms with Gasteiger partial charge in [0.15, 0.2) is 0 Å². The molecule has 106 valence electrons. The number of aliphatic hydroxyl groups excluding tert-OH is 1. The Morgan fingerprint density at radius 2 is 2.10 bits per heavy atom. The summed E-state index contributed by atoms with van der Waals surface area (Å²) in [6.07, 6.45) is 0. The smallest absolute Gasteiger partial charge is 0.126 e. The van der Waals surface area contributed by atoms with Gasteiger partial charge in [-0.15, -0.1) is 0 Å². The Hall–Kier alpha value is -1.78. The van der Waals surface area contributed by atoms with Crippen LogP contribution in [0.1, 0.15) is 11.1 Å². The van der Waals surface area contributed by atoms with Gasteiger partial charge in [-0.05, 0) is 23.8 Å². The molecule has 0 saturated carbocycles. The van der Waals surface area contributed by atoms with E-state index in [0.717, 1.165) is 5.56 Å². The molecule has 2 N–H and O–H groups in total. The van der Waals surface area contributed by atoms with Crippen molar-refractivity contribution in [3.8, 4) is 5.75 Å². The number of hydrogen-bond acceptors (Lipinski definition) is 3. The Kier molecular flexibility index (Phi) is 4.82. The molecule has 0 radical (unpaired) electrons. The first-order valence-corrected chi connectivity index (χ1v) is 6.47. The van der Waals surface area contributed by atoms with E-state index < -0.39 is 0 Å². The molecule has 2 aromatic carbocycles. The highest BCUT2D eigenvalue weighted by atomic mass is 35.5. The molecule has 0 aliphatic carbocycles. The fourth-order valence-corrected chi connectivity index (χ4v) is 2.14. The van der Waals surface area contributed by atoms with Gasteiger partial charge in [0.25, 0.3) is 0 Å². The van der Waals surface area contributed by atoms with Gasteiger partial charge in [-0.1, -0.05) is 23.7 Å². The molecule has 3 nitrogen and oxygen atoms in total. The molecule has 20 heavy (non-hydrogen) atoms. The van der Waals surface area contributed by atoms with Crippen LogP contribution in [0.4, 0.5) is 10.1 Å². The Bertz CT molecular complexity index is 604. The highest BCUT2D eigenvalue weighted by molar-refractivity contribution is 6.33. The van der Waals surface area contributed by atoms with Crippen LogP contribution in [0.5, 0.6) is 5.75 Å². The standard InChI is InChI=1S/C15H15ClFNO2/c1-20-15-7-14(13(16)6-11(15)9-19)18-8-10-3-2-4-12(17)5-10/h2-7,18-19H,8-9H2,1H3. The lowest BCUT2D eigenvalue weighted by Gasteiger charge is -2.13. The maximum absolute atomic E-state index is 13.1. The van der Waals surface area contributed by atoms with E-state index in [1.54, 1.807) is 18.2 Å². The minimum absolute atomic E-state index is 0.146. The summed E-state index contributed by atoms with van der Waals surface area (Å²) in [5.74, 6) is 0.280. The maximum Gasteiger partial charge on any atom is 0.126 e. The van der Waals surface area contributed by atoms with Crippen molar-refractivity contribution >= 4 is 17.3 Å². The number of ether oxygens (including phenoxy) is 1. The molecule has 0 aliphatic heterocycles. The first-order valence-electron chi connectivity index (χ1n) is 6.09. The summed E-state index contributed by atoms with van der Waals surface area (Å²) in [4.78, 5) is 0. The van der Waals surface area contributed by atoms with E-state index in [0.29, 0.717) is 28.6 Å². The summed E-state index contributed by atoms with van der Waals surface area (Å²) >= 11 is 6.13. The van der Waals surface area contributed by atoms with E-state index in [-0.39, 0.29) is 12.4 Å². The number of halogens is 2. The third kappa shape index (κ3) is 3.40. The molecule has 0 fully saturated rings. The normalized spacial score (nSPS) is 10.4. The zero-order chi connectivity index (χ0) is 14.5. The molecule has 0 aliphatic rings. The van der Waals surface area contributed by atoms with Gasteiger partial charge in [-0.3, -0.25) is 0 Å². The molecule has 0 aromatic heterocycles. The molecule has 0 heterocycles. The fourth-order valence-electron chi connectivity index (χ4n) is 1.89. The van der Waals surface area contributed by atoms with Gasteiger partial charge in [-0.2, -0.15) is 0 Å². The predicted molar refractivity (Wildman–Crippen MR) is 77.7 cm³/mol. The van der Waals surface area contributed by atoms with Crippen LogP contribution in [0.2, 0.25) is 5.02 Å². The van der Waals surface area contributed by atoms with Crippen LogP contribution in [0.15, 0.2) is 36.4 Å². The summed E-state index contributed by atoms with van der Waals surface area (Å²) in [5, 5.41) is 12.8. The summed E-state index contributed by atoms with van der Waals surface area (Å²) < 4.78 is 18.3. The van der Waals surface area contributed by atoms with Crippen molar-refractivity contribution in [1.29, 1.82) is 0 Å². The molecule has 2 rings (SSSR count). The van der Waals surface area contributed by atoms with E-state index in [4.69, 9.17) is 16.3 Å². The zero-order valence-corrected chi connectivity index (χ0v) is 11.7. The van der Waals surface area contributed by atoms with Crippen LogP contribution in [0.25, 0.3) is 0 Å². The second kappa shape index (κ2) is 6.59. The van der Waals surface area contributed by atoms with Gasteiger partial charge in [-0.25, -0.2) is 4.39 Å². The molecular formula is C15H15ClFNO2. The molecule has 0 spiro atoms. The first-order chi connectivity index (χ1) is 9.63. The third-order valence-corrected chi connectivity index (χ3v) is 3.23. The predicted octanol–water partition coefficient (Wildman–Crippen LogP) is 3.59. The highest BCUT2D eigenvalue weighted by Crippen LogP contribution is 2.31. The average molecular weight is 296 g/mol. The number of aliphatic hydroxyl groups is 1. The first kappa shape index (κ1) is 14.6. The lowest BCUT2D eigenvalue weighted by atomic mass is 10.1. The van der Waals surface area contributed by atoms with Gasteiger partial charge in [0.1, 0.15) is 11.6 Å². The fraction of sp³-hybridized carbons (Fsp3) is 0.200. The van der Waals surface area contributed by atoms with Gasteiger partial charge in [0.2, 0.25) is 0 Å². The van der Waals surface area contributed by atoms with Crippen LogP contribution in [-0.4, -0.2) is 12.2 Å². The molecule has 0 atom stereocenters. The van der Waals surface area contributed by atoms with E-state index >= 15 is 0 Å². The summed E-state index contributed by atoms with van der Waals surface area (Å²) in [6.45, 7) is 0.298. The van der Waals surface area contributed by atoms with Gasteiger partial charge < -0.3 is 15.2 Å². The van der Waals surface area contributed by atoms with E-state index in [1.165, 1.54) is 19.2 Å². The topological polar surface area (TPSA) is 41.5 Å². The van der Waals surface area contributed by atoms with Crippen LogP contribution >= 0.6 is 11.6 Å². The lowest BCUT2D eigenvalue weighted by molar-refractivity contribution is 0.274. The number of anilines is 1. The largest absolute Gasteiger partial charge is 0.496 e. The quantitative estimate of drug-likeness (QED) is 0.886. The van der Waals surface area contributed by atoms with Crippen molar-refractivity contribution in [3.63, 3.8) is 0 Å². The molecule has 0 amide bonds. The number of methoxy groups -OCH3 is 1. The summed E-state index contributed by atoms with van der Waals surface area (Å²) in [5.41, 5.74) is 2.10. The highest BCUT2D eigenvalue weighted by Gasteiger charge is 2.08. The lowest BCUT2D eigenvalue weighted by Crippen LogP contribution is -2.02. The minimum Gasteiger partial charge on any atom is -0.496 e. The SMILES string of the molecule is COc1cc(NCc2cccc(F)c2)c(Cl)cc1CO.